The molecule has 33 heavy (non-hydrogen) atoms. The number of amides is 1. The molecule has 0 radical (unpaired) electrons. The van der Waals surface area contributed by atoms with E-state index in [0.717, 1.165) is 21.3 Å². The largest absolute Gasteiger partial charge is 0.495 e. The van der Waals surface area contributed by atoms with Gasteiger partial charge in [-0.25, -0.2) is 8.42 Å². The van der Waals surface area contributed by atoms with Crippen molar-refractivity contribution < 1.29 is 22.7 Å². The molecule has 0 aliphatic carbocycles. The van der Waals surface area contributed by atoms with Gasteiger partial charge in [0.2, 0.25) is 15.9 Å². The van der Waals surface area contributed by atoms with Crippen LogP contribution in [0.5, 0.6) is 11.5 Å². The molecule has 176 valence electrons. The number of hydrogen-bond donors (Lipinski definition) is 1. The number of carbonyl (C=O) groups is 1. The van der Waals surface area contributed by atoms with E-state index < -0.39 is 22.0 Å². The Bertz CT molecular complexity index is 1230. The summed E-state index contributed by atoms with van der Waals surface area (Å²) in [6, 6.07) is 17.4. The van der Waals surface area contributed by atoms with Gasteiger partial charge in [-0.1, -0.05) is 48.9 Å². The lowest BCUT2D eigenvalue weighted by Crippen LogP contribution is -2.50. The zero-order chi connectivity index (χ0) is 24.0. The molecule has 0 aromatic heterocycles. The highest BCUT2D eigenvalue weighted by Crippen LogP contribution is 2.31. The lowest BCUT2D eigenvalue weighted by atomic mass is 10.1. The average Bonchev–Trinajstić information content (AvgIpc) is 2.79. The summed E-state index contributed by atoms with van der Waals surface area (Å²) in [4.78, 5) is 12.9. The van der Waals surface area contributed by atoms with Crippen LogP contribution in [0.4, 0.5) is 5.69 Å². The van der Waals surface area contributed by atoms with Gasteiger partial charge in [-0.2, -0.15) is 0 Å². The molecule has 0 aliphatic heterocycles. The summed E-state index contributed by atoms with van der Waals surface area (Å²) >= 11 is 6.18. The van der Waals surface area contributed by atoms with E-state index in [4.69, 9.17) is 21.1 Å². The fourth-order valence-corrected chi connectivity index (χ4v) is 5.03. The number of methoxy groups -OCH3 is 1. The van der Waals surface area contributed by atoms with Crippen LogP contribution in [0, 0.1) is 0 Å². The van der Waals surface area contributed by atoms with E-state index in [-0.39, 0.29) is 30.3 Å². The van der Waals surface area contributed by atoms with Crippen molar-refractivity contribution in [1.82, 2.24) is 5.32 Å². The van der Waals surface area contributed by atoms with Crippen molar-refractivity contribution in [2.24, 2.45) is 0 Å². The minimum atomic E-state index is -3.76. The van der Waals surface area contributed by atoms with Gasteiger partial charge in [-0.05, 0) is 47.5 Å². The number of carbonyl (C=O) groups excluding carboxylic acids is 1. The summed E-state index contributed by atoms with van der Waals surface area (Å²) in [5.74, 6) is 0.690. The molecule has 9 heteroatoms. The number of sulfonamides is 1. The molecule has 3 aromatic carbocycles. The Balaban J connectivity index is 1.66. The Labute approximate surface area is 199 Å². The molecular weight excluding hydrogens is 464 g/mol. The minimum absolute atomic E-state index is 0.225. The molecule has 1 amide bonds. The van der Waals surface area contributed by atoms with E-state index >= 15 is 0 Å². The highest BCUT2D eigenvalue weighted by molar-refractivity contribution is 7.92. The van der Waals surface area contributed by atoms with Crippen molar-refractivity contribution in [3.8, 4) is 11.5 Å². The third kappa shape index (κ3) is 6.09. The molecule has 0 bridgehead atoms. The van der Waals surface area contributed by atoms with E-state index in [1.807, 2.05) is 42.5 Å². The van der Waals surface area contributed by atoms with Gasteiger partial charge in [0.15, 0.2) is 0 Å². The number of halogens is 1. The van der Waals surface area contributed by atoms with Crippen LogP contribution >= 0.6 is 11.6 Å². The normalized spacial score (nSPS) is 12.2. The van der Waals surface area contributed by atoms with Crippen LogP contribution in [0.2, 0.25) is 5.02 Å². The third-order valence-electron chi connectivity index (χ3n) is 5.11. The van der Waals surface area contributed by atoms with E-state index in [1.54, 1.807) is 19.1 Å². The molecule has 0 unspecified atom stereocenters. The molecule has 0 saturated heterocycles. The fraction of sp³-hybridized carbons (Fsp3) is 0.292. The fourth-order valence-electron chi connectivity index (χ4n) is 3.57. The molecule has 7 nitrogen and oxygen atoms in total. The molecular formula is C24H27ClN2O5S. The van der Waals surface area contributed by atoms with Crippen LogP contribution in [0.15, 0.2) is 60.7 Å². The van der Waals surface area contributed by atoms with Crippen LogP contribution in [0.1, 0.15) is 13.3 Å². The summed E-state index contributed by atoms with van der Waals surface area (Å²) in [7, 11) is -2.29. The Morgan fingerprint density at radius 3 is 2.45 bits per heavy atom. The van der Waals surface area contributed by atoms with Crippen LogP contribution in [-0.4, -0.2) is 46.9 Å². The Kier molecular flexibility index (Phi) is 8.05. The van der Waals surface area contributed by atoms with Gasteiger partial charge in [0.1, 0.15) is 24.1 Å². The molecule has 0 heterocycles. The molecule has 0 saturated carbocycles. The second kappa shape index (κ2) is 10.8. The van der Waals surface area contributed by atoms with Crippen molar-refractivity contribution >= 4 is 44.0 Å². The zero-order valence-electron chi connectivity index (χ0n) is 18.7. The predicted molar refractivity (Wildman–Crippen MR) is 132 cm³/mol. The lowest BCUT2D eigenvalue weighted by molar-refractivity contribution is -0.122. The number of benzene rings is 3. The van der Waals surface area contributed by atoms with Crippen LogP contribution < -0.4 is 19.1 Å². The number of hydrogen-bond acceptors (Lipinski definition) is 5. The summed E-state index contributed by atoms with van der Waals surface area (Å²) < 4.78 is 37.1. The first-order valence-corrected chi connectivity index (χ1v) is 12.7. The summed E-state index contributed by atoms with van der Waals surface area (Å²) in [5, 5.41) is 5.20. The van der Waals surface area contributed by atoms with E-state index in [1.165, 1.54) is 13.2 Å². The van der Waals surface area contributed by atoms with Gasteiger partial charge in [-0.3, -0.25) is 9.10 Å². The van der Waals surface area contributed by atoms with E-state index in [9.17, 15) is 13.2 Å². The quantitative estimate of drug-likeness (QED) is 0.430. The van der Waals surface area contributed by atoms with Crippen LogP contribution in [0.3, 0.4) is 0 Å². The Morgan fingerprint density at radius 2 is 1.82 bits per heavy atom. The maximum Gasteiger partial charge on any atom is 0.244 e. The van der Waals surface area contributed by atoms with Gasteiger partial charge < -0.3 is 14.8 Å². The zero-order valence-corrected chi connectivity index (χ0v) is 20.3. The number of nitrogens with zero attached hydrogens (tertiary/aromatic N) is 1. The first kappa shape index (κ1) is 24.7. The van der Waals surface area contributed by atoms with Crippen molar-refractivity contribution in [3.05, 3.63) is 65.7 Å². The molecule has 1 N–H and O–H groups in total. The first-order chi connectivity index (χ1) is 15.7. The second-order valence-electron chi connectivity index (χ2n) is 7.45. The van der Waals surface area contributed by atoms with Gasteiger partial charge in [0.05, 0.1) is 30.6 Å². The van der Waals surface area contributed by atoms with Crippen LogP contribution in [-0.2, 0) is 14.8 Å². The van der Waals surface area contributed by atoms with Crippen molar-refractivity contribution in [2.45, 2.75) is 19.4 Å². The summed E-state index contributed by atoms with van der Waals surface area (Å²) in [6.07, 6.45) is 1.33. The maximum absolute atomic E-state index is 12.9. The predicted octanol–water partition coefficient (Wildman–Crippen LogP) is 4.24. The average molecular weight is 491 g/mol. The van der Waals surface area contributed by atoms with E-state index in [2.05, 4.69) is 5.32 Å². The van der Waals surface area contributed by atoms with Crippen molar-refractivity contribution in [3.63, 3.8) is 0 Å². The summed E-state index contributed by atoms with van der Waals surface area (Å²) in [6.45, 7) is 2.22. The van der Waals surface area contributed by atoms with Gasteiger partial charge in [0.25, 0.3) is 0 Å². The molecule has 0 spiro atoms. The Hall–Kier alpha value is -2.97. The number of rotatable bonds is 10. The summed E-state index contributed by atoms with van der Waals surface area (Å²) in [5.41, 5.74) is 0.290. The van der Waals surface area contributed by atoms with Gasteiger partial charge >= 0.3 is 0 Å². The first-order valence-electron chi connectivity index (χ1n) is 10.5. The molecule has 0 fully saturated rings. The lowest BCUT2D eigenvalue weighted by Gasteiger charge is -2.30. The smallest absolute Gasteiger partial charge is 0.244 e. The van der Waals surface area contributed by atoms with Crippen molar-refractivity contribution in [2.75, 3.05) is 30.8 Å². The molecule has 0 aliphatic rings. The topological polar surface area (TPSA) is 84.9 Å². The standard InChI is InChI=1S/C24H27ClN2O5S/c1-4-22(27(33(3,29)30)19-10-12-23(31-2)21(25)16-19)24(28)26-13-14-32-20-11-9-17-7-5-6-8-18(17)15-20/h5-12,15-16,22H,4,13-14H2,1-3H3,(H,26,28)/t22-/m0/s1. The monoisotopic (exact) mass is 490 g/mol. The SMILES string of the molecule is CC[C@@H](C(=O)NCCOc1ccc2ccccc2c1)N(c1ccc(OC)c(Cl)c1)S(C)(=O)=O. The number of ether oxygens (including phenoxy) is 2. The number of nitrogens with one attached hydrogen (secondary N) is 1. The minimum Gasteiger partial charge on any atom is -0.495 e. The van der Waals surface area contributed by atoms with E-state index in [0.29, 0.717) is 11.5 Å². The van der Waals surface area contributed by atoms with Gasteiger partial charge in [0, 0.05) is 0 Å². The number of anilines is 1. The second-order valence-corrected chi connectivity index (χ2v) is 9.72. The highest BCUT2D eigenvalue weighted by Gasteiger charge is 2.31. The molecule has 1 atom stereocenters. The van der Waals surface area contributed by atoms with Crippen LogP contribution in [0.25, 0.3) is 10.8 Å². The Morgan fingerprint density at radius 1 is 1.09 bits per heavy atom. The highest BCUT2D eigenvalue weighted by atomic mass is 35.5. The molecule has 3 rings (SSSR count). The third-order valence-corrected chi connectivity index (χ3v) is 6.59. The maximum atomic E-state index is 12.9. The number of fused-ring (bicyclic) bond motifs is 1. The van der Waals surface area contributed by atoms with Crippen molar-refractivity contribution in [1.29, 1.82) is 0 Å². The van der Waals surface area contributed by atoms with Gasteiger partial charge in [-0.15, -0.1) is 0 Å². The molecule has 3 aromatic rings.